The first-order valence-electron chi connectivity index (χ1n) is 23.1. The highest BCUT2D eigenvalue weighted by atomic mass is 35.5. The lowest BCUT2D eigenvalue weighted by atomic mass is 9.65. The van der Waals surface area contributed by atoms with E-state index < -0.39 is 20.9 Å². The number of carbonyl (C=O) groups excluding carboxylic acids is 1. The van der Waals surface area contributed by atoms with Gasteiger partial charge in [0.05, 0.1) is 43.4 Å². The van der Waals surface area contributed by atoms with Crippen LogP contribution in [0.5, 0.6) is 17.2 Å². The van der Waals surface area contributed by atoms with Crippen LogP contribution in [0, 0.1) is 17.8 Å². The normalized spacial score (nSPS) is 22.6. The minimum atomic E-state index is -3.70. The molecule has 1 saturated carbocycles. The molecule has 1 fully saturated rings. The summed E-state index contributed by atoms with van der Waals surface area (Å²) in [6, 6.07) is 27.1. The summed E-state index contributed by atoms with van der Waals surface area (Å²) in [6.07, 6.45) is 8.67. The number of aryl methyl sites for hydroxylation is 1. The van der Waals surface area contributed by atoms with Gasteiger partial charge in [-0.25, -0.2) is 13.2 Å². The Bertz CT molecular complexity index is 2420. The molecule has 0 radical (unpaired) electrons. The number of carbonyl (C=O) groups is 1. The van der Waals surface area contributed by atoms with Crippen LogP contribution in [0.3, 0.4) is 0 Å². The van der Waals surface area contributed by atoms with Crippen molar-refractivity contribution in [3.05, 3.63) is 129 Å². The van der Waals surface area contributed by atoms with Crippen molar-refractivity contribution < 1.29 is 36.9 Å². The first-order valence-corrected chi connectivity index (χ1v) is 25.0. The molecule has 65 heavy (non-hydrogen) atoms. The summed E-state index contributed by atoms with van der Waals surface area (Å²) in [6.45, 7) is 10.1. The molecule has 3 aliphatic carbocycles. The van der Waals surface area contributed by atoms with Crippen molar-refractivity contribution in [3.63, 3.8) is 0 Å². The van der Waals surface area contributed by atoms with E-state index in [9.17, 15) is 13.2 Å². The van der Waals surface area contributed by atoms with Gasteiger partial charge >= 0.3 is 5.97 Å². The van der Waals surface area contributed by atoms with E-state index in [0.717, 1.165) is 90.7 Å². The minimum Gasteiger partial charge on any atom is -0.497 e. The lowest BCUT2D eigenvalue weighted by Gasteiger charge is -2.48. The van der Waals surface area contributed by atoms with Gasteiger partial charge in [-0.15, -0.1) is 0 Å². The number of halogens is 1. The van der Waals surface area contributed by atoms with Crippen molar-refractivity contribution in [2.24, 2.45) is 17.8 Å². The first-order chi connectivity index (χ1) is 31.1. The monoisotopic (exact) mass is 924 g/mol. The molecule has 4 aromatic rings. The van der Waals surface area contributed by atoms with Crippen molar-refractivity contribution in [3.8, 4) is 17.2 Å². The topological polar surface area (TPSA) is 104 Å². The fraction of sp³-hybridized carbons (Fsp3) is 0.491. The third kappa shape index (κ3) is 10.4. The number of anilines is 1. The molecular weight excluding hydrogens is 860 g/mol. The Morgan fingerprint density at radius 1 is 0.923 bits per heavy atom. The average molecular weight is 926 g/mol. The molecule has 0 amide bonds. The van der Waals surface area contributed by atoms with Crippen LogP contribution in [0.4, 0.5) is 5.69 Å². The lowest BCUT2D eigenvalue weighted by Crippen LogP contribution is -2.50. The largest absolute Gasteiger partial charge is 0.497 e. The molecule has 0 N–H and O–H groups in total. The maximum Gasteiger partial charge on any atom is 0.338 e. The standard InChI is InChI=1S/C53H65ClN2O8S/c1-35(65(58,59)56(30-36-10-17-44(60-5)18-11-36)31-37-12-19-45(61-6)20-13-37)25-38-26-42(27-38)50(62-7)46-21-14-41(46)32-55-33-53(24-8-9-39-28-43(54)16-22-47(39)53)34-63-49-23-15-40(29-48(49)55)51(57)64-52(2,3)4/h10-13,15-20,22-23,26,28-29,35,38,41,46,50H,8-9,14,21,24-25,27,30-34H2,1-7H3/t35-,38-,41-,46+,50+,53-/m0/s1. The van der Waals surface area contributed by atoms with Gasteiger partial charge < -0.3 is 28.6 Å². The van der Waals surface area contributed by atoms with Gasteiger partial charge in [0.25, 0.3) is 0 Å². The zero-order valence-electron chi connectivity index (χ0n) is 39.0. The van der Waals surface area contributed by atoms with Crippen molar-refractivity contribution in [2.75, 3.05) is 45.9 Å². The van der Waals surface area contributed by atoms with Crippen LogP contribution >= 0.6 is 11.6 Å². The number of nitrogens with zero attached hydrogens (tertiary/aromatic N) is 2. The summed E-state index contributed by atoms with van der Waals surface area (Å²) >= 11 is 6.53. The molecule has 0 aromatic heterocycles. The van der Waals surface area contributed by atoms with E-state index in [1.165, 1.54) is 16.7 Å². The molecule has 1 aliphatic heterocycles. The Morgan fingerprint density at radius 2 is 1.58 bits per heavy atom. The van der Waals surface area contributed by atoms with Gasteiger partial charge in [0.15, 0.2) is 0 Å². The zero-order valence-corrected chi connectivity index (χ0v) is 40.6. The number of allylic oxidation sites excluding steroid dienone is 1. The van der Waals surface area contributed by atoms with Gasteiger partial charge in [0.1, 0.15) is 22.8 Å². The average Bonchev–Trinajstić information content (AvgIpc) is 3.41. The summed E-state index contributed by atoms with van der Waals surface area (Å²) in [5.41, 5.74) is 6.17. The van der Waals surface area contributed by atoms with Crippen LogP contribution in [0.15, 0.2) is 96.6 Å². The smallest absolute Gasteiger partial charge is 0.338 e. The van der Waals surface area contributed by atoms with Gasteiger partial charge in [-0.2, -0.15) is 4.31 Å². The van der Waals surface area contributed by atoms with Crippen LogP contribution in [0.1, 0.15) is 98.8 Å². The van der Waals surface area contributed by atoms with Gasteiger partial charge in [0.2, 0.25) is 10.0 Å². The molecule has 0 unspecified atom stereocenters. The number of fused-ring (bicyclic) bond motifs is 3. The fourth-order valence-corrected chi connectivity index (χ4v) is 12.4. The maximum atomic E-state index is 14.4. The van der Waals surface area contributed by atoms with Gasteiger partial charge in [0, 0.05) is 43.7 Å². The van der Waals surface area contributed by atoms with Gasteiger partial charge in [-0.1, -0.05) is 48.0 Å². The second-order valence-corrected chi connectivity index (χ2v) is 22.5. The van der Waals surface area contributed by atoms with Crippen molar-refractivity contribution in [2.45, 2.75) is 108 Å². The lowest BCUT2D eigenvalue weighted by molar-refractivity contribution is 0.000410. The van der Waals surface area contributed by atoms with Gasteiger partial charge in [-0.3, -0.25) is 0 Å². The number of sulfonamides is 1. The molecule has 1 spiro atoms. The second kappa shape index (κ2) is 19.4. The Balaban J connectivity index is 0.991. The van der Waals surface area contributed by atoms with E-state index in [1.807, 2.05) is 100 Å². The van der Waals surface area contributed by atoms with E-state index in [1.54, 1.807) is 25.6 Å². The third-order valence-electron chi connectivity index (χ3n) is 14.1. The predicted octanol–water partition coefficient (Wildman–Crippen LogP) is 10.6. The highest BCUT2D eigenvalue weighted by Crippen LogP contribution is 2.49. The second-order valence-electron chi connectivity index (χ2n) is 19.7. The molecule has 4 aromatic carbocycles. The summed E-state index contributed by atoms with van der Waals surface area (Å²) in [4.78, 5) is 15.9. The molecule has 0 bridgehead atoms. The summed E-state index contributed by atoms with van der Waals surface area (Å²) in [5.74, 6) is 2.64. The van der Waals surface area contributed by atoms with E-state index in [-0.39, 0.29) is 36.5 Å². The maximum absolute atomic E-state index is 14.4. The number of methoxy groups -OCH3 is 3. The zero-order chi connectivity index (χ0) is 46.1. The fourth-order valence-electron chi connectivity index (χ4n) is 10.5. The van der Waals surface area contributed by atoms with E-state index in [4.69, 9.17) is 35.3 Å². The molecule has 4 aliphatic rings. The van der Waals surface area contributed by atoms with E-state index in [0.29, 0.717) is 30.4 Å². The number of hydrogen-bond acceptors (Lipinski definition) is 9. The molecule has 6 atom stereocenters. The minimum absolute atomic E-state index is 0.0548. The van der Waals surface area contributed by atoms with Crippen LogP contribution in [-0.4, -0.2) is 76.7 Å². The van der Waals surface area contributed by atoms with Crippen molar-refractivity contribution in [1.29, 1.82) is 0 Å². The Kier molecular flexibility index (Phi) is 14.0. The number of ether oxygens (including phenoxy) is 5. The van der Waals surface area contributed by atoms with Crippen LogP contribution in [0.2, 0.25) is 5.02 Å². The molecular formula is C53H65ClN2O8S. The molecule has 8 rings (SSSR count). The SMILES string of the molecule is COc1ccc(CN(Cc2ccc(OC)cc2)S(=O)(=O)[C@@H](C)C[C@H]2C=C([C@@H](OC)[C@@H]3CC[C@H]3CN3C[C@@]4(CCCc5cc(Cl)ccc54)COc4ccc(C(=O)OC(C)(C)C)cc43)C2)cc1. The van der Waals surface area contributed by atoms with Crippen LogP contribution < -0.4 is 19.1 Å². The number of hydrogen-bond donors (Lipinski definition) is 0. The Hall–Kier alpha value is -4.55. The number of esters is 1. The third-order valence-corrected chi connectivity index (χ3v) is 16.5. The Morgan fingerprint density at radius 3 is 2.17 bits per heavy atom. The molecule has 12 heteroatoms. The molecule has 10 nitrogen and oxygen atoms in total. The summed E-state index contributed by atoms with van der Waals surface area (Å²) in [7, 11) is 1.35. The van der Waals surface area contributed by atoms with E-state index in [2.05, 4.69) is 23.1 Å². The predicted molar refractivity (Wildman–Crippen MR) is 257 cm³/mol. The molecule has 0 saturated heterocycles. The van der Waals surface area contributed by atoms with Crippen LogP contribution in [-0.2, 0) is 44.4 Å². The van der Waals surface area contributed by atoms with Gasteiger partial charge in [-0.05, 0) is 173 Å². The van der Waals surface area contributed by atoms with Crippen molar-refractivity contribution >= 4 is 33.3 Å². The summed E-state index contributed by atoms with van der Waals surface area (Å²) < 4.78 is 60.1. The number of rotatable bonds is 16. The van der Waals surface area contributed by atoms with Crippen LogP contribution in [0.25, 0.3) is 0 Å². The molecule has 348 valence electrons. The Labute approximate surface area is 391 Å². The van der Waals surface area contributed by atoms with E-state index >= 15 is 0 Å². The summed E-state index contributed by atoms with van der Waals surface area (Å²) in [5, 5.41) is 0.156. The number of benzene rings is 4. The van der Waals surface area contributed by atoms with Crippen molar-refractivity contribution in [1.82, 2.24) is 4.31 Å². The molecule has 1 heterocycles. The highest BCUT2D eigenvalue weighted by molar-refractivity contribution is 7.89. The first kappa shape index (κ1) is 47.0. The highest BCUT2D eigenvalue weighted by Gasteiger charge is 2.46. The quantitative estimate of drug-likeness (QED) is 0.0803.